The van der Waals surface area contributed by atoms with Crippen LogP contribution in [0.25, 0.3) is 0 Å². The van der Waals surface area contributed by atoms with Gasteiger partial charge < -0.3 is 15.4 Å². The molecular weight excluding hydrogens is 252 g/mol. The molecule has 1 aliphatic rings. The van der Waals surface area contributed by atoms with Crippen LogP contribution in [-0.2, 0) is 6.54 Å². The van der Waals surface area contributed by atoms with E-state index in [9.17, 15) is 4.79 Å². The third kappa shape index (κ3) is 4.44. The number of urea groups is 1. The van der Waals surface area contributed by atoms with Crippen LogP contribution in [0.2, 0.25) is 0 Å². The fourth-order valence-corrected chi connectivity index (χ4v) is 2.73. The van der Waals surface area contributed by atoms with E-state index in [-0.39, 0.29) is 6.03 Å². The molecule has 0 bridgehead atoms. The van der Waals surface area contributed by atoms with Crippen molar-refractivity contribution in [3.63, 3.8) is 0 Å². The van der Waals surface area contributed by atoms with Gasteiger partial charge in [-0.15, -0.1) is 0 Å². The normalized spacial score (nSPS) is 22.1. The number of nitrogens with one attached hydrogen (secondary N) is 2. The number of carbonyl (C=O) groups excluding carboxylic acids is 1. The van der Waals surface area contributed by atoms with Crippen molar-refractivity contribution in [3.8, 4) is 5.75 Å². The molecule has 0 aromatic heterocycles. The fourth-order valence-electron chi connectivity index (χ4n) is 2.73. The first-order chi connectivity index (χ1) is 9.67. The van der Waals surface area contributed by atoms with Crippen molar-refractivity contribution in [3.05, 3.63) is 29.8 Å². The van der Waals surface area contributed by atoms with Gasteiger partial charge in [-0.3, -0.25) is 0 Å². The standard InChI is InChI=1S/C16H24N2O2/c1-12-4-3-5-14(10-12)18-16(19)17-11-13-6-8-15(20-2)9-7-13/h6-9,12,14H,3-5,10-11H2,1-2H3,(H2,17,18,19). The third-order valence-corrected chi connectivity index (χ3v) is 3.88. The maximum absolute atomic E-state index is 11.9. The highest BCUT2D eigenvalue weighted by molar-refractivity contribution is 5.74. The molecule has 0 saturated heterocycles. The highest BCUT2D eigenvalue weighted by Gasteiger charge is 2.20. The van der Waals surface area contributed by atoms with Crippen LogP contribution in [-0.4, -0.2) is 19.2 Å². The predicted octanol–water partition coefficient (Wildman–Crippen LogP) is 3.07. The molecule has 0 heterocycles. The van der Waals surface area contributed by atoms with Gasteiger partial charge in [0.25, 0.3) is 0 Å². The van der Waals surface area contributed by atoms with Crippen LogP contribution in [0.15, 0.2) is 24.3 Å². The van der Waals surface area contributed by atoms with Gasteiger partial charge in [0, 0.05) is 12.6 Å². The largest absolute Gasteiger partial charge is 0.497 e. The van der Waals surface area contributed by atoms with Crippen molar-refractivity contribution >= 4 is 6.03 Å². The molecule has 0 radical (unpaired) electrons. The molecule has 1 aromatic rings. The second-order valence-corrected chi connectivity index (χ2v) is 5.64. The van der Waals surface area contributed by atoms with E-state index in [2.05, 4.69) is 17.6 Å². The summed E-state index contributed by atoms with van der Waals surface area (Å²) in [7, 11) is 1.64. The zero-order chi connectivity index (χ0) is 14.4. The Morgan fingerprint density at radius 3 is 2.70 bits per heavy atom. The summed E-state index contributed by atoms with van der Waals surface area (Å²) in [5.74, 6) is 1.55. The van der Waals surface area contributed by atoms with E-state index in [1.165, 1.54) is 12.8 Å². The lowest BCUT2D eigenvalue weighted by atomic mass is 9.87. The van der Waals surface area contributed by atoms with E-state index in [4.69, 9.17) is 4.74 Å². The van der Waals surface area contributed by atoms with Gasteiger partial charge in [-0.2, -0.15) is 0 Å². The van der Waals surface area contributed by atoms with Crippen molar-refractivity contribution < 1.29 is 9.53 Å². The maximum Gasteiger partial charge on any atom is 0.315 e. The van der Waals surface area contributed by atoms with Gasteiger partial charge >= 0.3 is 6.03 Å². The molecule has 0 spiro atoms. The second kappa shape index (κ2) is 7.17. The molecule has 2 unspecified atom stereocenters. The molecule has 1 fully saturated rings. The van der Waals surface area contributed by atoms with Crippen LogP contribution in [0.1, 0.15) is 38.2 Å². The average Bonchev–Trinajstić information content (AvgIpc) is 2.46. The molecule has 4 heteroatoms. The SMILES string of the molecule is COc1ccc(CNC(=O)NC2CCCC(C)C2)cc1. The predicted molar refractivity (Wildman–Crippen MR) is 79.8 cm³/mol. The van der Waals surface area contributed by atoms with Gasteiger partial charge in [0.2, 0.25) is 0 Å². The van der Waals surface area contributed by atoms with Crippen LogP contribution in [0.4, 0.5) is 4.79 Å². The summed E-state index contributed by atoms with van der Waals surface area (Å²) < 4.78 is 5.11. The van der Waals surface area contributed by atoms with Crippen LogP contribution < -0.4 is 15.4 Å². The summed E-state index contributed by atoms with van der Waals surface area (Å²) in [5, 5.41) is 5.98. The van der Waals surface area contributed by atoms with Crippen LogP contribution in [0.5, 0.6) is 5.75 Å². The molecule has 20 heavy (non-hydrogen) atoms. The number of amides is 2. The first kappa shape index (κ1) is 14.7. The minimum absolute atomic E-state index is 0.0695. The van der Waals surface area contributed by atoms with Crippen molar-refractivity contribution in [1.82, 2.24) is 10.6 Å². The highest BCUT2D eigenvalue weighted by Crippen LogP contribution is 2.23. The lowest BCUT2D eigenvalue weighted by Gasteiger charge is -2.27. The Balaban J connectivity index is 1.73. The van der Waals surface area contributed by atoms with Crippen LogP contribution >= 0.6 is 0 Å². The van der Waals surface area contributed by atoms with E-state index in [1.807, 2.05) is 24.3 Å². The zero-order valence-corrected chi connectivity index (χ0v) is 12.3. The van der Waals surface area contributed by atoms with Crippen LogP contribution in [0.3, 0.4) is 0 Å². The third-order valence-electron chi connectivity index (χ3n) is 3.88. The maximum atomic E-state index is 11.9. The zero-order valence-electron chi connectivity index (χ0n) is 12.3. The van der Waals surface area contributed by atoms with E-state index in [0.29, 0.717) is 12.6 Å². The smallest absolute Gasteiger partial charge is 0.315 e. The number of benzene rings is 1. The second-order valence-electron chi connectivity index (χ2n) is 5.64. The molecule has 1 saturated carbocycles. The van der Waals surface area contributed by atoms with Gasteiger partial charge in [-0.25, -0.2) is 4.79 Å². The topological polar surface area (TPSA) is 50.4 Å². The number of rotatable bonds is 4. The average molecular weight is 276 g/mol. The number of hydrogen-bond acceptors (Lipinski definition) is 2. The number of methoxy groups -OCH3 is 1. The fraction of sp³-hybridized carbons (Fsp3) is 0.562. The summed E-state index contributed by atoms with van der Waals surface area (Å²) in [6.45, 7) is 2.79. The van der Waals surface area contributed by atoms with Crippen molar-refractivity contribution in [2.24, 2.45) is 5.92 Å². The number of ether oxygens (including phenoxy) is 1. The Bertz CT molecular complexity index is 431. The lowest BCUT2D eigenvalue weighted by molar-refractivity contribution is 0.227. The van der Waals surface area contributed by atoms with E-state index < -0.39 is 0 Å². The molecule has 2 N–H and O–H groups in total. The van der Waals surface area contributed by atoms with Crippen LogP contribution in [0, 0.1) is 5.92 Å². The Morgan fingerprint density at radius 1 is 1.30 bits per heavy atom. The number of hydrogen-bond donors (Lipinski definition) is 2. The summed E-state index contributed by atoms with van der Waals surface area (Å²) >= 11 is 0. The van der Waals surface area contributed by atoms with Gasteiger partial charge in [-0.1, -0.05) is 31.9 Å². The minimum Gasteiger partial charge on any atom is -0.497 e. The van der Waals surface area contributed by atoms with Crippen molar-refractivity contribution in [1.29, 1.82) is 0 Å². The van der Waals surface area contributed by atoms with Crippen molar-refractivity contribution in [2.75, 3.05) is 7.11 Å². The van der Waals surface area contributed by atoms with Gasteiger partial charge in [0.1, 0.15) is 5.75 Å². The molecular formula is C16H24N2O2. The van der Waals surface area contributed by atoms with E-state index >= 15 is 0 Å². The Kier molecular flexibility index (Phi) is 5.27. The Morgan fingerprint density at radius 2 is 2.05 bits per heavy atom. The number of carbonyl (C=O) groups is 1. The van der Waals surface area contributed by atoms with E-state index in [1.54, 1.807) is 7.11 Å². The molecule has 2 atom stereocenters. The van der Waals surface area contributed by atoms with E-state index in [0.717, 1.165) is 30.1 Å². The molecule has 4 nitrogen and oxygen atoms in total. The first-order valence-electron chi connectivity index (χ1n) is 7.34. The summed E-state index contributed by atoms with van der Waals surface area (Å²) in [4.78, 5) is 11.9. The molecule has 0 aliphatic heterocycles. The molecule has 2 rings (SSSR count). The molecule has 1 aliphatic carbocycles. The summed E-state index contributed by atoms with van der Waals surface area (Å²) in [6.07, 6.45) is 4.69. The quantitative estimate of drug-likeness (QED) is 0.888. The lowest BCUT2D eigenvalue weighted by Crippen LogP contribution is -2.43. The minimum atomic E-state index is -0.0695. The first-order valence-corrected chi connectivity index (χ1v) is 7.34. The van der Waals surface area contributed by atoms with Crippen molar-refractivity contribution in [2.45, 2.75) is 45.2 Å². The summed E-state index contributed by atoms with van der Waals surface area (Å²) in [6, 6.07) is 7.98. The summed E-state index contributed by atoms with van der Waals surface area (Å²) in [5.41, 5.74) is 1.07. The highest BCUT2D eigenvalue weighted by atomic mass is 16.5. The monoisotopic (exact) mass is 276 g/mol. The van der Waals surface area contributed by atoms with Gasteiger partial charge in [0.15, 0.2) is 0 Å². The Hall–Kier alpha value is -1.71. The molecule has 1 aromatic carbocycles. The van der Waals surface area contributed by atoms with Gasteiger partial charge in [-0.05, 0) is 36.5 Å². The molecule has 2 amide bonds. The van der Waals surface area contributed by atoms with Gasteiger partial charge in [0.05, 0.1) is 7.11 Å². The molecule has 110 valence electrons. The Labute approximate surface area is 120 Å².